The molecule has 0 radical (unpaired) electrons. The Hall–Kier alpha value is -2.35. The van der Waals surface area contributed by atoms with Crippen LogP contribution in [0.15, 0.2) is 18.3 Å². The van der Waals surface area contributed by atoms with Crippen molar-refractivity contribution in [1.82, 2.24) is 14.8 Å². The Morgan fingerprint density at radius 1 is 1.18 bits per heavy atom. The van der Waals surface area contributed by atoms with Gasteiger partial charge in [0.1, 0.15) is 23.1 Å². The maximum absolute atomic E-state index is 12.3. The third-order valence-corrected chi connectivity index (χ3v) is 6.37. The Balaban J connectivity index is 1.44. The molecule has 0 spiro atoms. The smallest absolute Gasteiger partial charge is 0.410 e. The van der Waals surface area contributed by atoms with Crippen LogP contribution in [0.4, 0.5) is 4.79 Å². The van der Waals surface area contributed by atoms with Crippen molar-refractivity contribution in [3.05, 3.63) is 24.0 Å². The largest absolute Gasteiger partial charge is 0.489 e. The van der Waals surface area contributed by atoms with Crippen LogP contribution < -0.4 is 4.74 Å². The van der Waals surface area contributed by atoms with Gasteiger partial charge in [-0.1, -0.05) is 0 Å². The Bertz CT molecular complexity index is 791. The fourth-order valence-corrected chi connectivity index (χ4v) is 4.48. The van der Waals surface area contributed by atoms with Gasteiger partial charge in [-0.15, -0.1) is 0 Å². The van der Waals surface area contributed by atoms with Gasteiger partial charge in [0.2, 0.25) is 0 Å². The molecule has 0 aromatic carbocycles. The molecule has 1 aliphatic heterocycles. The summed E-state index contributed by atoms with van der Waals surface area (Å²) in [5, 5.41) is 0. The number of hydrogen-bond donors (Lipinski definition) is 0. The van der Waals surface area contributed by atoms with E-state index in [1.54, 1.807) is 18.3 Å². The fraction of sp³-hybridized carbons (Fsp3) is 0.720. The van der Waals surface area contributed by atoms with Gasteiger partial charge in [-0.05, 0) is 65.5 Å². The van der Waals surface area contributed by atoms with Gasteiger partial charge in [-0.3, -0.25) is 4.90 Å². The number of piperidine rings is 1. The number of aromatic nitrogens is 1. The molecule has 1 amide bonds. The molecule has 1 aliphatic carbocycles. The van der Waals surface area contributed by atoms with Crippen molar-refractivity contribution in [3.8, 4) is 5.75 Å². The van der Waals surface area contributed by atoms with E-state index in [1.165, 1.54) is 7.11 Å². The fourth-order valence-electron chi connectivity index (χ4n) is 4.48. The number of methoxy groups -OCH3 is 1. The molecule has 8 heteroatoms. The summed E-state index contributed by atoms with van der Waals surface area (Å²) in [6.07, 6.45) is 5.52. The summed E-state index contributed by atoms with van der Waals surface area (Å²) in [5.41, 5.74) is -0.176. The molecule has 1 saturated heterocycles. The number of ether oxygens (including phenoxy) is 3. The van der Waals surface area contributed by atoms with Crippen molar-refractivity contribution in [2.24, 2.45) is 5.92 Å². The van der Waals surface area contributed by atoms with Gasteiger partial charge in [0.25, 0.3) is 0 Å². The first-order valence-electron chi connectivity index (χ1n) is 12.0. The molecule has 1 saturated carbocycles. The lowest BCUT2D eigenvalue weighted by atomic mass is 9.85. The minimum Gasteiger partial charge on any atom is -0.489 e. The topological polar surface area (TPSA) is 81.2 Å². The maximum Gasteiger partial charge on any atom is 0.410 e. The molecule has 2 heterocycles. The van der Waals surface area contributed by atoms with Crippen LogP contribution in [-0.2, 0) is 9.47 Å². The minimum absolute atomic E-state index is 0.163. The highest BCUT2D eigenvalue weighted by Crippen LogP contribution is 2.33. The molecule has 2 fully saturated rings. The van der Waals surface area contributed by atoms with Crippen LogP contribution in [0.1, 0.15) is 70.8 Å². The maximum atomic E-state index is 12.3. The van der Waals surface area contributed by atoms with Gasteiger partial charge in [0.15, 0.2) is 0 Å². The number of carbonyl (C=O) groups excluding carboxylic acids is 2. The number of amides is 1. The molecule has 0 atom stereocenters. The molecule has 184 valence electrons. The number of carbonyl (C=O) groups is 2. The van der Waals surface area contributed by atoms with Crippen LogP contribution in [0.2, 0.25) is 0 Å². The third-order valence-electron chi connectivity index (χ3n) is 6.37. The van der Waals surface area contributed by atoms with E-state index in [9.17, 15) is 9.59 Å². The highest BCUT2D eigenvalue weighted by Gasteiger charge is 2.38. The predicted molar refractivity (Wildman–Crippen MR) is 125 cm³/mol. The molecule has 2 aliphatic rings. The highest BCUT2D eigenvalue weighted by molar-refractivity contribution is 5.87. The predicted octanol–water partition coefficient (Wildman–Crippen LogP) is 4.14. The van der Waals surface area contributed by atoms with Gasteiger partial charge < -0.3 is 19.1 Å². The molecule has 0 bridgehead atoms. The van der Waals surface area contributed by atoms with Crippen molar-refractivity contribution in [1.29, 1.82) is 0 Å². The van der Waals surface area contributed by atoms with E-state index in [1.807, 2.05) is 25.7 Å². The summed E-state index contributed by atoms with van der Waals surface area (Å²) in [5.74, 6) is 0.813. The Morgan fingerprint density at radius 2 is 1.85 bits per heavy atom. The lowest BCUT2D eigenvalue weighted by Crippen LogP contribution is -2.54. The summed E-state index contributed by atoms with van der Waals surface area (Å²) in [4.78, 5) is 32.4. The lowest BCUT2D eigenvalue weighted by Gasteiger charge is -2.46. The number of nitrogens with zero attached hydrogens (tertiary/aromatic N) is 3. The van der Waals surface area contributed by atoms with Gasteiger partial charge in [-0.25, -0.2) is 14.6 Å². The van der Waals surface area contributed by atoms with Crippen molar-refractivity contribution in [2.75, 3.05) is 26.7 Å². The zero-order chi connectivity index (χ0) is 24.2. The quantitative estimate of drug-likeness (QED) is 0.565. The van der Waals surface area contributed by atoms with Crippen LogP contribution in [0.25, 0.3) is 0 Å². The summed E-state index contributed by atoms with van der Waals surface area (Å²) in [6, 6.07) is 4.36. The van der Waals surface area contributed by atoms with Crippen molar-refractivity contribution in [3.63, 3.8) is 0 Å². The van der Waals surface area contributed by atoms with Crippen LogP contribution in [-0.4, -0.2) is 77.4 Å². The highest BCUT2D eigenvalue weighted by atomic mass is 16.6. The molecule has 0 N–H and O–H groups in total. The first-order valence-corrected chi connectivity index (χ1v) is 12.0. The second kappa shape index (κ2) is 10.7. The van der Waals surface area contributed by atoms with Crippen molar-refractivity contribution in [2.45, 2.75) is 84.1 Å². The van der Waals surface area contributed by atoms with E-state index in [0.717, 1.165) is 45.3 Å². The standard InChI is InChI=1S/C25H39N3O5/c1-17(2)28(16-18-9-11-27(12-10-18)24(30)33-25(3,4)5)19-13-21(14-19)32-20-7-8-22(26-15-20)23(29)31-6/h7-8,15,17-19,21H,9-14,16H2,1-6H3. The SMILES string of the molecule is COC(=O)c1ccc(OC2CC(N(CC3CCN(C(=O)OC(C)(C)C)CC3)C(C)C)C2)cn1. The molecule has 33 heavy (non-hydrogen) atoms. The average Bonchev–Trinajstić information content (AvgIpc) is 2.73. The summed E-state index contributed by atoms with van der Waals surface area (Å²) < 4.78 is 16.2. The molecular weight excluding hydrogens is 422 g/mol. The summed E-state index contributed by atoms with van der Waals surface area (Å²) >= 11 is 0. The normalized spacial score (nSPS) is 21.6. The Morgan fingerprint density at radius 3 is 2.36 bits per heavy atom. The van der Waals surface area contributed by atoms with Gasteiger partial charge in [-0.2, -0.15) is 0 Å². The molecular formula is C25H39N3O5. The zero-order valence-corrected chi connectivity index (χ0v) is 20.9. The second-order valence-electron chi connectivity index (χ2n) is 10.4. The summed E-state index contributed by atoms with van der Waals surface area (Å²) in [7, 11) is 1.34. The third kappa shape index (κ3) is 7.06. The Labute approximate surface area is 197 Å². The molecule has 1 aromatic rings. The van der Waals surface area contributed by atoms with Crippen molar-refractivity contribution >= 4 is 12.1 Å². The van der Waals surface area contributed by atoms with E-state index in [0.29, 0.717) is 23.8 Å². The van der Waals surface area contributed by atoms with Gasteiger partial charge >= 0.3 is 12.1 Å². The van der Waals surface area contributed by atoms with E-state index in [2.05, 4.69) is 28.5 Å². The van der Waals surface area contributed by atoms with Gasteiger partial charge in [0, 0.05) is 44.6 Å². The number of hydrogen-bond acceptors (Lipinski definition) is 7. The van der Waals surface area contributed by atoms with E-state index >= 15 is 0 Å². The van der Waals surface area contributed by atoms with Crippen LogP contribution >= 0.6 is 0 Å². The average molecular weight is 462 g/mol. The summed E-state index contributed by atoms with van der Waals surface area (Å²) in [6.45, 7) is 12.8. The number of esters is 1. The minimum atomic E-state index is -0.454. The van der Waals surface area contributed by atoms with Gasteiger partial charge in [0.05, 0.1) is 13.3 Å². The molecule has 3 rings (SSSR count). The van der Waals surface area contributed by atoms with Crippen molar-refractivity contribution < 1.29 is 23.8 Å². The number of likely N-dealkylation sites (tertiary alicyclic amines) is 1. The molecule has 1 aromatic heterocycles. The van der Waals surface area contributed by atoms with E-state index in [4.69, 9.17) is 9.47 Å². The molecule has 8 nitrogen and oxygen atoms in total. The van der Waals surface area contributed by atoms with Crippen LogP contribution in [0, 0.1) is 5.92 Å². The van der Waals surface area contributed by atoms with Crippen LogP contribution in [0.5, 0.6) is 5.75 Å². The number of rotatable bonds is 7. The van der Waals surface area contributed by atoms with E-state index < -0.39 is 11.6 Å². The first kappa shape index (κ1) is 25.3. The van der Waals surface area contributed by atoms with E-state index in [-0.39, 0.29) is 17.9 Å². The monoisotopic (exact) mass is 461 g/mol. The Kier molecular flexibility index (Phi) is 8.21. The second-order valence-corrected chi connectivity index (χ2v) is 10.4. The zero-order valence-electron chi connectivity index (χ0n) is 20.9. The number of pyridine rings is 1. The molecule has 0 unspecified atom stereocenters. The van der Waals surface area contributed by atoms with Crippen LogP contribution in [0.3, 0.4) is 0 Å². The lowest BCUT2D eigenvalue weighted by molar-refractivity contribution is -0.0135. The first-order chi connectivity index (χ1) is 15.6.